The lowest BCUT2D eigenvalue weighted by Crippen LogP contribution is -2.41. The number of halogens is 1. The second-order valence-corrected chi connectivity index (χ2v) is 7.14. The van der Waals surface area contributed by atoms with Crippen molar-refractivity contribution in [2.45, 2.75) is 42.4 Å². The first-order valence-corrected chi connectivity index (χ1v) is 8.04. The summed E-state index contributed by atoms with van der Waals surface area (Å²) >= 11 is 5.79. The number of rotatable bonds is 3. The molecule has 0 amide bonds. The van der Waals surface area contributed by atoms with Crippen molar-refractivity contribution < 1.29 is 13.2 Å². The summed E-state index contributed by atoms with van der Waals surface area (Å²) in [5.74, 6) is 0. The van der Waals surface area contributed by atoms with E-state index in [9.17, 15) is 8.42 Å². The summed E-state index contributed by atoms with van der Waals surface area (Å²) in [6.45, 7) is 0. The average Bonchev–Trinajstić information content (AvgIpc) is 2.94. The number of ether oxygens (including phenoxy) is 1. The molecule has 1 aromatic carbocycles. The Balaban J connectivity index is 1.80. The first kappa shape index (κ1) is 13.2. The molecule has 5 nitrogen and oxygen atoms in total. The topological polar surface area (TPSA) is 81.4 Å². The van der Waals surface area contributed by atoms with E-state index in [0.717, 1.165) is 19.3 Å². The molecule has 3 N–H and O–H groups in total. The van der Waals surface area contributed by atoms with Gasteiger partial charge in [0.25, 0.3) is 0 Å². The molecule has 0 aromatic heterocycles. The molecule has 3 rings (SSSR count). The van der Waals surface area contributed by atoms with E-state index in [0.29, 0.717) is 5.02 Å². The van der Waals surface area contributed by atoms with Gasteiger partial charge in [-0.2, -0.15) is 0 Å². The molecule has 7 heteroatoms. The van der Waals surface area contributed by atoms with E-state index < -0.39 is 10.0 Å². The van der Waals surface area contributed by atoms with Crippen molar-refractivity contribution in [3.63, 3.8) is 0 Å². The maximum absolute atomic E-state index is 12.3. The molecule has 0 saturated carbocycles. The molecule has 104 valence electrons. The van der Waals surface area contributed by atoms with Crippen LogP contribution in [0.25, 0.3) is 0 Å². The highest BCUT2D eigenvalue weighted by atomic mass is 35.5. The van der Waals surface area contributed by atoms with Crippen LogP contribution in [0.3, 0.4) is 0 Å². The van der Waals surface area contributed by atoms with Crippen molar-refractivity contribution in [3.8, 4) is 0 Å². The number of nitrogen functional groups attached to an aromatic ring is 1. The Labute approximate surface area is 117 Å². The molecule has 2 aliphatic heterocycles. The number of fused-ring (bicyclic) bond motifs is 2. The van der Waals surface area contributed by atoms with E-state index in [1.165, 1.54) is 18.2 Å². The molecule has 19 heavy (non-hydrogen) atoms. The van der Waals surface area contributed by atoms with Gasteiger partial charge >= 0.3 is 0 Å². The van der Waals surface area contributed by atoms with Crippen LogP contribution in [0, 0.1) is 0 Å². The highest BCUT2D eigenvalue weighted by Gasteiger charge is 2.42. The van der Waals surface area contributed by atoms with Gasteiger partial charge in [-0.25, -0.2) is 13.1 Å². The van der Waals surface area contributed by atoms with E-state index >= 15 is 0 Å². The Hall–Kier alpha value is -0.820. The van der Waals surface area contributed by atoms with Gasteiger partial charge in [-0.1, -0.05) is 11.6 Å². The Kier molecular flexibility index (Phi) is 3.21. The quantitative estimate of drug-likeness (QED) is 0.830. The van der Waals surface area contributed by atoms with Gasteiger partial charge in [-0.3, -0.25) is 0 Å². The summed E-state index contributed by atoms with van der Waals surface area (Å²) < 4.78 is 32.9. The lowest BCUT2D eigenvalue weighted by atomic mass is 9.96. The third-order valence-electron chi connectivity index (χ3n) is 3.69. The van der Waals surface area contributed by atoms with Gasteiger partial charge < -0.3 is 10.5 Å². The lowest BCUT2D eigenvalue weighted by molar-refractivity contribution is 0.0996. The third-order valence-corrected chi connectivity index (χ3v) is 5.52. The molecule has 0 aliphatic carbocycles. The molecule has 3 unspecified atom stereocenters. The smallest absolute Gasteiger partial charge is 0.240 e. The van der Waals surface area contributed by atoms with Crippen molar-refractivity contribution >= 4 is 27.3 Å². The van der Waals surface area contributed by atoms with Crippen LogP contribution < -0.4 is 10.5 Å². The van der Waals surface area contributed by atoms with Gasteiger partial charge in [0.1, 0.15) is 0 Å². The SMILES string of the molecule is Nc1cc(S(=O)(=O)NC2CC3CCC2O3)ccc1Cl. The number of nitrogens with two attached hydrogens (primary N) is 1. The molecule has 2 heterocycles. The molecule has 3 atom stereocenters. The molecular formula is C12H15ClN2O3S. The molecule has 0 spiro atoms. The summed E-state index contributed by atoms with van der Waals surface area (Å²) in [7, 11) is -3.57. The standard InChI is InChI=1S/C12H15ClN2O3S/c13-9-3-2-8(6-10(9)14)19(16,17)15-11-5-7-1-4-12(11)18-7/h2-3,6-7,11-12,15H,1,4-5,14H2. The molecule has 2 fully saturated rings. The summed E-state index contributed by atoms with van der Waals surface area (Å²) in [4.78, 5) is 0.136. The Bertz CT molecular complexity index is 605. The van der Waals surface area contributed by atoms with E-state index in [1.807, 2.05) is 0 Å². The number of benzene rings is 1. The monoisotopic (exact) mass is 302 g/mol. The Morgan fingerprint density at radius 2 is 2.16 bits per heavy atom. The number of sulfonamides is 1. The van der Waals surface area contributed by atoms with Gasteiger partial charge in [0.2, 0.25) is 10.0 Å². The van der Waals surface area contributed by atoms with E-state index in [1.54, 1.807) is 0 Å². The van der Waals surface area contributed by atoms with Gasteiger partial charge in [0.05, 0.1) is 33.9 Å². The van der Waals surface area contributed by atoms with Gasteiger partial charge in [0, 0.05) is 0 Å². The fraction of sp³-hybridized carbons (Fsp3) is 0.500. The molecule has 0 radical (unpaired) electrons. The van der Waals surface area contributed by atoms with Crippen LogP contribution in [0.1, 0.15) is 19.3 Å². The summed E-state index contributed by atoms with van der Waals surface area (Å²) in [5.41, 5.74) is 5.90. The maximum atomic E-state index is 12.3. The lowest BCUT2D eigenvalue weighted by Gasteiger charge is -2.20. The Morgan fingerprint density at radius 3 is 2.74 bits per heavy atom. The predicted molar refractivity (Wildman–Crippen MR) is 72.5 cm³/mol. The molecule has 1 aromatic rings. The fourth-order valence-corrected chi connectivity index (χ4v) is 4.15. The third kappa shape index (κ3) is 2.45. The molecule has 2 bridgehead atoms. The normalized spacial score (nSPS) is 29.8. The van der Waals surface area contributed by atoms with Crippen LogP contribution in [0.5, 0.6) is 0 Å². The van der Waals surface area contributed by atoms with E-state index in [-0.39, 0.29) is 28.8 Å². The summed E-state index contributed by atoms with van der Waals surface area (Å²) in [6.07, 6.45) is 2.89. The number of hydrogen-bond acceptors (Lipinski definition) is 4. The van der Waals surface area contributed by atoms with Crippen molar-refractivity contribution in [1.29, 1.82) is 0 Å². The highest BCUT2D eigenvalue weighted by molar-refractivity contribution is 7.89. The van der Waals surface area contributed by atoms with Crippen LogP contribution >= 0.6 is 11.6 Å². The average molecular weight is 303 g/mol. The van der Waals surface area contributed by atoms with Crippen molar-refractivity contribution in [1.82, 2.24) is 4.72 Å². The minimum atomic E-state index is -3.57. The minimum absolute atomic E-state index is 0.00409. The minimum Gasteiger partial charge on any atom is -0.397 e. The van der Waals surface area contributed by atoms with Crippen LogP contribution in [-0.4, -0.2) is 26.7 Å². The zero-order valence-corrected chi connectivity index (χ0v) is 11.7. The van der Waals surface area contributed by atoms with Crippen LogP contribution in [0.2, 0.25) is 5.02 Å². The van der Waals surface area contributed by atoms with Crippen molar-refractivity contribution in [3.05, 3.63) is 23.2 Å². The van der Waals surface area contributed by atoms with Crippen molar-refractivity contribution in [2.75, 3.05) is 5.73 Å². The van der Waals surface area contributed by atoms with Crippen LogP contribution in [-0.2, 0) is 14.8 Å². The number of hydrogen-bond donors (Lipinski definition) is 2. The maximum Gasteiger partial charge on any atom is 0.240 e. The zero-order valence-electron chi connectivity index (χ0n) is 10.2. The number of anilines is 1. The van der Waals surface area contributed by atoms with Gasteiger partial charge in [-0.05, 0) is 37.5 Å². The van der Waals surface area contributed by atoms with Crippen LogP contribution in [0.4, 0.5) is 5.69 Å². The fourth-order valence-electron chi connectivity index (χ4n) is 2.72. The largest absolute Gasteiger partial charge is 0.397 e. The van der Waals surface area contributed by atoms with Crippen LogP contribution in [0.15, 0.2) is 23.1 Å². The Morgan fingerprint density at radius 1 is 1.37 bits per heavy atom. The second-order valence-electron chi connectivity index (χ2n) is 5.02. The molecule has 2 saturated heterocycles. The first-order valence-electron chi connectivity index (χ1n) is 6.18. The zero-order chi connectivity index (χ0) is 13.6. The first-order chi connectivity index (χ1) is 8.95. The summed E-state index contributed by atoms with van der Waals surface area (Å²) in [6, 6.07) is 4.18. The van der Waals surface area contributed by atoms with E-state index in [4.69, 9.17) is 22.1 Å². The number of nitrogens with one attached hydrogen (secondary N) is 1. The van der Waals surface area contributed by atoms with Crippen molar-refractivity contribution in [2.24, 2.45) is 0 Å². The molecular weight excluding hydrogens is 288 g/mol. The second kappa shape index (κ2) is 4.63. The highest BCUT2D eigenvalue weighted by Crippen LogP contribution is 2.35. The van der Waals surface area contributed by atoms with E-state index in [2.05, 4.69) is 4.72 Å². The predicted octanol–water partition coefficient (Wildman–Crippen LogP) is 1.52. The molecule has 2 aliphatic rings. The van der Waals surface area contributed by atoms with Gasteiger partial charge in [0.15, 0.2) is 0 Å². The van der Waals surface area contributed by atoms with Gasteiger partial charge in [-0.15, -0.1) is 0 Å². The summed E-state index contributed by atoms with van der Waals surface area (Å²) in [5, 5.41) is 0.349.